The van der Waals surface area contributed by atoms with Crippen molar-refractivity contribution in [2.45, 2.75) is 84.5 Å². The van der Waals surface area contributed by atoms with E-state index in [0.717, 1.165) is 24.2 Å². The van der Waals surface area contributed by atoms with E-state index in [1.54, 1.807) is 6.92 Å². The lowest BCUT2D eigenvalue weighted by molar-refractivity contribution is -0.142. The fraction of sp³-hybridized carbons (Fsp3) is 0.833. The molecule has 0 aromatic carbocycles. The van der Waals surface area contributed by atoms with Crippen molar-refractivity contribution >= 4 is 17.8 Å². The summed E-state index contributed by atoms with van der Waals surface area (Å²) in [5.41, 5.74) is 0. The number of barbiturate groups is 1. The highest BCUT2D eigenvalue weighted by atomic mass is 16.2. The lowest BCUT2D eigenvalue weighted by atomic mass is 10.1. The second kappa shape index (κ2) is 11.2. The molecule has 0 bridgehead atoms. The summed E-state index contributed by atoms with van der Waals surface area (Å²) in [5, 5.41) is 0. The van der Waals surface area contributed by atoms with Gasteiger partial charge in [0, 0.05) is 13.1 Å². The molecule has 0 unspecified atom stereocenters. The van der Waals surface area contributed by atoms with Gasteiger partial charge in [0.05, 0.1) is 0 Å². The van der Waals surface area contributed by atoms with Gasteiger partial charge in [-0.2, -0.15) is 0 Å². The van der Waals surface area contributed by atoms with Crippen LogP contribution in [0.5, 0.6) is 0 Å². The fourth-order valence-electron chi connectivity index (χ4n) is 2.97. The standard InChI is InChI=1S/C18H32N2O3/c1-3-5-6-7-8-9-10-11-12-13-14-20-17(22)15-16(21)19(4-2)18(20)23/h3-15H2,1-2H3. The highest BCUT2D eigenvalue weighted by Gasteiger charge is 2.36. The Kier molecular flexibility index (Phi) is 9.57. The summed E-state index contributed by atoms with van der Waals surface area (Å²) >= 11 is 0. The molecular weight excluding hydrogens is 292 g/mol. The number of carbonyl (C=O) groups excluding carboxylic acids is 3. The summed E-state index contributed by atoms with van der Waals surface area (Å²) in [6.07, 6.45) is 12.0. The summed E-state index contributed by atoms with van der Waals surface area (Å²) in [5.74, 6) is -0.720. The minimum absolute atomic E-state index is 0.169. The van der Waals surface area contributed by atoms with Crippen molar-refractivity contribution < 1.29 is 14.4 Å². The normalized spacial score (nSPS) is 15.7. The van der Waals surface area contributed by atoms with E-state index in [4.69, 9.17) is 0 Å². The Bertz CT molecular complexity index is 396. The van der Waals surface area contributed by atoms with Crippen molar-refractivity contribution in [2.75, 3.05) is 13.1 Å². The van der Waals surface area contributed by atoms with Crippen LogP contribution in [0.4, 0.5) is 4.79 Å². The van der Waals surface area contributed by atoms with Crippen LogP contribution in [0.3, 0.4) is 0 Å². The number of hydrogen-bond donors (Lipinski definition) is 0. The Morgan fingerprint density at radius 1 is 0.696 bits per heavy atom. The maximum atomic E-state index is 12.1. The molecule has 4 amide bonds. The Hall–Kier alpha value is -1.39. The smallest absolute Gasteiger partial charge is 0.274 e. The van der Waals surface area contributed by atoms with Crippen LogP contribution in [0.25, 0.3) is 0 Å². The minimum atomic E-state index is -0.440. The first-order chi connectivity index (χ1) is 11.1. The Morgan fingerprint density at radius 2 is 1.17 bits per heavy atom. The van der Waals surface area contributed by atoms with Gasteiger partial charge in [-0.25, -0.2) is 4.79 Å². The van der Waals surface area contributed by atoms with Crippen LogP contribution in [-0.4, -0.2) is 40.7 Å². The summed E-state index contributed by atoms with van der Waals surface area (Å²) in [6, 6.07) is -0.440. The van der Waals surface area contributed by atoms with E-state index in [0.29, 0.717) is 13.1 Å². The predicted molar refractivity (Wildman–Crippen MR) is 91.0 cm³/mol. The van der Waals surface area contributed by atoms with E-state index in [9.17, 15) is 14.4 Å². The molecule has 1 aliphatic heterocycles. The molecule has 23 heavy (non-hydrogen) atoms. The predicted octanol–water partition coefficient (Wildman–Crippen LogP) is 4.11. The van der Waals surface area contributed by atoms with Gasteiger partial charge in [0.1, 0.15) is 6.42 Å². The Labute approximate surface area is 140 Å². The zero-order chi connectivity index (χ0) is 17.1. The number of unbranched alkanes of at least 4 members (excludes halogenated alkanes) is 9. The van der Waals surface area contributed by atoms with Gasteiger partial charge in [0.15, 0.2) is 0 Å². The van der Waals surface area contributed by atoms with Gasteiger partial charge in [-0.3, -0.25) is 19.4 Å². The zero-order valence-electron chi connectivity index (χ0n) is 14.8. The number of amides is 4. The topological polar surface area (TPSA) is 57.7 Å². The van der Waals surface area contributed by atoms with Gasteiger partial charge in [-0.15, -0.1) is 0 Å². The quantitative estimate of drug-likeness (QED) is 0.401. The van der Waals surface area contributed by atoms with Crippen LogP contribution >= 0.6 is 0 Å². The van der Waals surface area contributed by atoms with Crippen LogP contribution in [0.2, 0.25) is 0 Å². The number of hydrogen-bond acceptors (Lipinski definition) is 3. The number of imide groups is 2. The minimum Gasteiger partial charge on any atom is -0.274 e. The van der Waals surface area contributed by atoms with Crippen molar-refractivity contribution in [1.29, 1.82) is 0 Å². The van der Waals surface area contributed by atoms with Gasteiger partial charge in [-0.05, 0) is 13.3 Å². The second-order valence-corrected chi connectivity index (χ2v) is 6.32. The molecule has 0 radical (unpaired) electrons. The largest absolute Gasteiger partial charge is 0.333 e. The molecule has 1 fully saturated rings. The molecule has 5 heteroatoms. The highest BCUT2D eigenvalue weighted by molar-refractivity contribution is 6.14. The summed E-state index contributed by atoms with van der Waals surface area (Å²) in [6.45, 7) is 4.76. The molecule has 1 heterocycles. The number of carbonyl (C=O) groups is 3. The second-order valence-electron chi connectivity index (χ2n) is 6.32. The molecule has 0 atom stereocenters. The Morgan fingerprint density at radius 3 is 1.70 bits per heavy atom. The molecule has 1 aliphatic rings. The SMILES string of the molecule is CCCCCCCCCCCCN1C(=O)CC(=O)N(CC)C1=O. The van der Waals surface area contributed by atoms with Gasteiger partial charge in [0.25, 0.3) is 0 Å². The molecule has 0 N–H and O–H groups in total. The van der Waals surface area contributed by atoms with Crippen LogP contribution in [-0.2, 0) is 9.59 Å². The molecule has 0 saturated carbocycles. The molecular formula is C18H32N2O3. The average molecular weight is 324 g/mol. The van der Waals surface area contributed by atoms with Crippen molar-refractivity contribution in [2.24, 2.45) is 0 Å². The average Bonchev–Trinajstić information content (AvgIpc) is 2.52. The van der Waals surface area contributed by atoms with Gasteiger partial charge in [-0.1, -0.05) is 64.7 Å². The maximum Gasteiger partial charge on any atom is 0.333 e. The van der Waals surface area contributed by atoms with E-state index < -0.39 is 6.03 Å². The van der Waals surface area contributed by atoms with E-state index in [1.165, 1.54) is 49.8 Å². The number of urea groups is 1. The molecule has 1 rings (SSSR count). The van der Waals surface area contributed by atoms with E-state index in [2.05, 4.69) is 6.92 Å². The fourth-order valence-corrected chi connectivity index (χ4v) is 2.97. The van der Waals surface area contributed by atoms with Crippen LogP contribution in [0, 0.1) is 0 Å². The first kappa shape index (κ1) is 19.7. The van der Waals surface area contributed by atoms with E-state index in [1.807, 2.05) is 0 Å². The van der Waals surface area contributed by atoms with E-state index >= 15 is 0 Å². The van der Waals surface area contributed by atoms with Crippen LogP contribution in [0.1, 0.15) is 84.5 Å². The van der Waals surface area contributed by atoms with Crippen LogP contribution < -0.4 is 0 Å². The monoisotopic (exact) mass is 324 g/mol. The Balaban J connectivity index is 2.12. The number of nitrogens with zero attached hydrogens (tertiary/aromatic N) is 2. The first-order valence-corrected chi connectivity index (χ1v) is 9.26. The van der Waals surface area contributed by atoms with Gasteiger partial charge in [0.2, 0.25) is 11.8 Å². The van der Waals surface area contributed by atoms with Crippen LogP contribution in [0.15, 0.2) is 0 Å². The van der Waals surface area contributed by atoms with Gasteiger partial charge < -0.3 is 0 Å². The molecule has 0 aliphatic carbocycles. The molecule has 0 aromatic heterocycles. The molecule has 0 aromatic rings. The van der Waals surface area contributed by atoms with Crippen molar-refractivity contribution in [1.82, 2.24) is 9.80 Å². The molecule has 132 valence electrons. The third-order valence-electron chi connectivity index (χ3n) is 4.42. The molecule has 5 nitrogen and oxygen atoms in total. The summed E-state index contributed by atoms with van der Waals surface area (Å²) < 4.78 is 0. The third kappa shape index (κ3) is 6.71. The maximum absolute atomic E-state index is 12.1. The van der Waals surface area contributed by atoms with Crippen molar-refractivity contribution in [3.05, 3.63) is 0 Å². The number of rotatable bonds is 12. The summed E-state index contributed by atoms with van der Waals surface area (Å²) in [4.78, 5) is 37.9. The van der Waals surface area contributed by atoms with Gasteiger partial charge >= 0.3 is 6.03 Å². The highest BCUT2D eigenvalue weighted by Crippen LogP contribution is 2.14. The zero-order valence-corrected chi connectivity index (χ0v) is 14.8. The third-order valence-corrected chi connectivity index (χ3v) is 4.42. The van der Waals surface area contributed by atoms with Crippen molar-refractivity contribution in [3.63, 3.8) is 0 Å². The van der Waals surface area contributed by atoms with E-state index in [-0.39, 0.29) is 18.2 Å². The summed E-state index contributed by atoms with van der Waals surface area (Å²) in [7, 11) is 0. The lowest BCUT2D eigenvalue weighted by Gasteiger charge is -2.31. The van der Waals surface area contributed by atoms with Crippen molar-refractivity contribution in [3.8, 4) is 0 Å². The molecule has 1 saturated heterocycles. The first-order valence-electron chi connectivity index (χ1n) is 9.26. The molecule has 0 spiro atoms. The lowest BCUT2D eigenvalue weighted by Crippen LogP contribution is -2.55.